The molecule has 2 aromatic rings. The zero-order chi connectivity index (χ0) is 15.9. The predicted molar refractivity (Wildman–Crippen MR) is 83.0 cm³/mol. The number of allylic oxidation sites excluding steroid dienone is 4. The quantitative estimate of drug-likeness (QED) is 0.746. The highest BCUT2D eigenvalue weighted by molar-refractivity contribution is 5.89. The zero-order valence-corrected chi connectivity index (χ0v) is 12.2. The van der Waals surface area contributed by atoms with E-state index in [1.54, 1.807) is 0 Å². The summed E-state index contributed by atoms with van der Waals surface area (Å²) < 4.78 is 0. The second kappa shape index (κ2) is 4.94. The van der Waals surface area contributed by atoms with E-state index in [9.17, 15) is 10.5 Å². The molecule has 0 radical (unpaired) electrons. The molecule has 0 amide bonds. The third kappa shape index (κ3) is 1.90. The molecule has 1 unspecified atom stereocenters. The topological polar surface area (TPSA) is 114 Å². The molecule has 0 aliphatic carbocycles. The number of nitrogen functional groups attached to an aromatic ring is 1. The summed E-state index contributed by atoms with van der Waals surface area (Å²) in [6.45, 7) is 3.86. The molecule has 6 nitrogen and oxygen atoms in total. The highest BCUT2D eigenvalue weighted by Crippen LogP contribution is 2.38. The van der Waals surface area contributed by atoms with E-state index in [4.69, 9.17) is 5.73 Å². The normalized spacial score (nSPS) is 18.1. The van der Waals surface area contributed by atoms with Crippen LogP contribution in [0, 0.1) is 22.7 Å². The SMILES string of the molecule is CC1=C(C)C(c2ccc3[nH]nc(N)c3c2)C(C#N)=C(C#N)N1. The van der Waals surface area contributed by atoms with Crippen LogP contribution >= 0.6 is 0 Å². The minimum atomic E-state index is -0.250. The molecule has 1 aliphatic rings. The summed E-state index contributed by atoms with van der Waals surface area (Å²) in [6, 6.07) is 9.98. The van der Waals surface area contributed by atoms with Crippen molar-refractivity contribution in [1.29, 1.82) is 10.5 Å². The Morgan fingerprint density at radius 2 is 2.00 bits per heavy atom. The second-order valence-corrected chi connectivity index (χ2v) is 5.29. The Labute approximate surface area is 127 Å². The molecular weight excluding hydrogens is 276 g/mol. The average molecular weight is 290 g/mol. The van der Waals surface area contributed by atoms with Gasteiger partial charge in [0.25, 0.3) is 0 Å². The molecule has 4 N–H and O–H groups in total. The van der Waals surface area contributed by atoms with Crippen LogP contribution in [0.4, 0.5) is 5.82 Å². The van der Waals surface area contributed by atoms with Gasteiger partial charge in [0.1, 0.15) is 11.8 Å². The number of aromatic amines is 1. The van der Waals surface area contributed by atoms with Gasteiger partial charge in [-0.2, -0.15) is 15.6 Å². The van der Waals surface area contributed by atoms with Crippen molar-refractivity contribution in [2.45, 2.75) is 19.8 Å². The lowest BCUT2D eigenvalue weighted by atomic mass is 9.81. The lowest BCUT2D eigenvalue weighted by molar-refractivity contribution is 0.813. The molecule has 0 bridgehead atoms. The van der Waals surface area contributed by atoms with Gasteiger partial charge in [0.05, 0.1) is 17.2 Å². The number of benzene rings is 1. The van der Waals surface area contributed by atoms with Gasteiger partial charge in [0.15, 0.2) is 5.82 Å². The van der Waals surface area contributed by atoms with E-state index in [1.807, 2.05) is 32.0 Å². The van der Waals surface area contributed by atoms with E-state index < -0.39 is 0 Å². The minimum absolute atomic E-state index is 0.250. The molecular formula is C16H14N6. The highest BCUT2D eigenvalue weighted by atomic mass is 15.1. The molecule has 0 fully saturated rings. The van der Waals surface area contributed by atoms with Crippen LogP contribution in [0.1, 0.15) is 25.3 Å². The fraction of sp³-hybridized carbons (Fsp3) is 0.188. The van der Waals surface area contributed by atoms with Gasteiger partial charge < -0.3 is 11.1 Å². The van der Waals surface area contributed by atoms with Crippen molar-refractivity contribution in [3.05, 3.63) is 46.3 Å². The molecule has 0 saturated heterocycles. The number of rotatable bonds is 1. The van der Waals surface area contributed by atoms with Crippen LogP contribution in [0.5, 0.6) is 0 Å². The number of anilines is 1. The van der Waals surface area contributed by atoms with Gasteiger partial charge in [-0.05, 0) is 37.1 Å². The molecule has 108 valence electrons. The van der Waals surface area contributed by atoms with Gasteiger partial charge in [-0.1, -0.05) is 6.07 Å². The molecule has 6 heteroatoms. The molecule has 22 heavy (non-hydrogen) atoms. The number of nitrogens with zero attached hydrogens (tertiary/aromatic N) is 3. The minimum Gasteiger partial charge on any atom is -0.382 e. The van der Waals surface area contributed by atoms with E-state index in [-0.39, 0.29) is 5.92 Å². The monoisotopic (exact) mass is 290 g/mol. The largest absolute Gasteiger partial charge is 0.382 e. The van der Waals surface area contributed by atoms with Crippen molar-refractivity contribution in [3.63, 3.8) is 0 Å². The fourth-order valence-corrected chi connectivity index (χ4v) is 2.79. The van der Waals surface area contributed by atoms with Gasteiger partial charge >= 0.3 is 0 Å². The number of H-pyrrole nitrogens is 1. The van der Waals surface area contributed by atoms with Crippen molar-refractivity contribution in [2.24, 2.45) is 0 Å². The van der Waals surface area contributed by atoms with Crippen molar-refractivity contribution in [2.75, 3.05) is 5.73 Å². The Hall–Kier alpha value is -3.25. The van der Waals surface area contributed by atoms with E-state index >= 15 is 0 Å². The maximum Gasteiger partial charge on any atom is 0.153 e. The zero-order valence-electron chi connectivity index (χ0n) is 12.2. The van der Waals surface area contributed by atoms with E-state index in [0.29, 0.717) is 17.1 Å². The summed E-state index contributed by atoms with van der Waals surface area (Å²) >= 11 is 0. The Morgan fingerprint density at radius 1 is 1.23 bits per heavy atom. The average Bonchev–Trinajstić information content (AvgIpc) is 2.90. The smallest absolute Gasteiger partial charge is 0.153 e. The third-order valence-electron chi connectivity index (χ3n) is 4.08. The number of aromatic nitrogens is 2. The first kappa shape index (κ1) is 13.7. The number of fused-ring (bicyclic) bond motifs is 1. The maximum absolute atomic E-state index is 9.49. The summed E-state index contributed by atoms with van der Waals surface area (Å²) in [5, 5.41) is 29.4. The van der Waals surface area contributed by atoms with Crippen LogP contribution in [0.25, 0.3) is 10.9 Å². The number of dihydropyridines is 1. The van der Waals surface area contributed by atoms with Gasteiger partial charge in [-0.15, -0.1) is 0 Å². The van der Waals surface area contributed by atoms with Crippen LogP contribution in [0.2, 0.25) is 0 Å². The van der Waals surface area contributed by atoms with Crippen molar-refractivity contribution >= 4 is 16.7 Å². The molecule has 1 aromatic carbocycles. The highest BCUT2D eigenvalue weighted by Gasteiger charge is 2.28. The first-order valence-corrected chi connectivity index (χ1v) is 6.79. The van der Waals surface area contributed by atoms with E-state index in [2.05, 4.69) is 27.7 Å². The Bertz CT molecular complexity index is 916. The summed E-state index contributed by atoms with van der Waals surface area (Å²) in [5.74, 6) is 0.173. The molecule has 3 rings (SSSR count). The summed E-state index contributed by atoms with van der Waals surface area (Å²) in [4.78, 5) is 0. The van der Waals surface area contributed by atoms with Gasteiger partial charge in [0.2, 0.25) is 0 Å². The van der Waals surface area contributed by atoms with Crippen molar-refractivity contribution in [3.8, 4) is 12.1 Å². The summed E-state index contributed by atoms with van der Waals surface area (Å²) in [7, 11) is 0. The summed E-state index contributed by atoms with van der Waals surface area (Å²) in [6.07, 6.45) is 0. The number of nitriles is 2. The number of hydrogen-bond acceptors (Lipinski definition) is 5. The van der Waals surface area contributed by atoms with Crippen LogP contribution in [-0.4, -0.2) is 10.2 Å². The van der Waals surface area contributed by atoms with E-state index in [1.165, 1.54) is 0 Å². The van der Waals surface area contributed by atoms with E-state index in [0.717, 1.165) is 27.7 Å². The standard InChI is InChI=1S/C16H14N6/c1-8-9(2)20-14(7-18)12(6-17)15(8)10-3-4-13-11(5-10)16(19)22-21-13/h3-5,15,20H,1-2H3,(H3,19,21,22). The van der Waals surface area contributed by atoms with Gasteiger partial charge in [-0.3, -0.25) is 5.10 Å². The first-order valence-electron chi connectivity index (χ1n) is 6.79. The Kier molecular flexibility index (Phi) is 3.08. The maximum atomic E-state index is 9.49. The Balaban J connectivity index is 2.23. The number of nitrogens with one attached hydrogen (secondary N) is 2. The second-order valence-electron chi connectivity index (χ2n) is 5.29. The molecule has 2 heterocycles. The molecule has 1 aliphatic heterocycles. The molecule has 0 saturated carbocycles. The molecule has 1 aromatic heterocycles. The molecule has 0 spiro atoms. The van der Waals surface area contributed by atoms with Crippen LogP contribution < -0.4 is 11.1 Å². The first-order chi connectivity index (χ1) is 10.6. The van der Waals surface area contributed by atoms with Crippen LogP contribution in [-0.2, 0) is 0 Å². The van der Waals surface area contributed by atoms with Crippen LogP contribution in [0.15, 0.2) is 40.7 Å². The van der Waals surface area contributed by atoms with Gasteiger partial charge in [0, 0.05) is 17.0 Å². The van der Waals surface area contributed by atoms with Crippen molar-refractivity contribution in [1.82, 2.24) is 15.5 Å². The molecule has 1 atom stereocenters. The van der Waals surface area contributed by atoms with Gasteiger partial charge in [-0.25, -0.2) is 0 Å². The van der Waals surface area contributed by atoms with Crippen molar-refractivity contribution < 1.29 is 0 Å². The lowest BCUT2D eigenvalue weighted by Crippen LogP contribution is -2.23. The van der Waals surface area contributed by atoms with Crippen LogP contribution in [0.3, 0.4) is 0 Å². The summed E-state index contributed by atoms with van der Waals surface area (Å²) in [5.41, 5.74) is 10.3. The lowest BCUT2D eigenvalue weighted by Gasteiger charge is -2.26. The Morgan fingerprint density at radius 3 is 2.68 bits per heavy atom. The third-order valence-corrected chi connectivity index (χ3v) is 4.08. The number of nitrogens with two attached hydrogens (primary N) is 1. The fourth-order valence-electron chi connectivity index (χ4n) is 2.79. The number of hydrogen-bond donors (Lipinski definition) is 3. The predicted octanol–water partition coefficient (Wildman–Crippen LogP) is 2.43.